The van der Waals surface area contributed by atoms with E-state index in [4.69, 9.17) is 10.4 Å². The van der Waals surface area contributed by atoms with Crippen molar-refractivity contribution in [2.24, 2.45) is 0 Å². The van der Waals surface area contributed by atoms with Gasteiger partial charge in [0.2, 0.25) is 5.91 Å². The number of piperazine rings is 1. The molecule has 1 fully saturated rings. The Morgan fingerprint density at radius 3 is 3.00 bits per heavy atom. The van der Waals surface area contributed by atoms with Gasteiger partial charge >= 0.3 is 5.97 Å². The summed E-state index contributed by atoms with van der Waals surface area (Å²) in [5.74, 6) is -1.17. The number of hydrogen-bond donors (Lipinski definition) is 2. The third kappa shape index (κ3) is 4.41. The monoisotopic (exact) mass is 239 g/mol. The topological polar surface area (TPSA) is 93.4 Å². The van der Waals surface area contributed by atoms with Gasteiger partial charge in [0.1, 0.15) is 0 Å². The molecule has 0 aliphatic carbocycles. The Kier molecular flexibility index (Phi) is 5.43. The summed E-state index contributed by atoms with van der Waals surface area (Å²) in [7, 11) is 0. The van der Waals surface area contributed by atoms with Gasteiger partial charge < -0.3 is 10.4 Å². The molecular formula is C11H17N3O3. The minimum absolute atomic E-state index is 0.163. The second-order valence-electron chi connectivity index (χ2n) is 4.06. The zero-order chi connectivity index (χ0) is 12.7. The lowest BCUT2D eigenvalue weighted by Crippen LogP contribution is -2.56. The molecule has 0 aromatic rings. The molecule has 0 radical (unpaired) electrons. The highest BCUT2D eigenvalue weighted by atomic mass is 16.4. The smallest absolute Gasteiger partial charge is 0.305 e. The van der Waals surface area contributed by atoms with Crippen LogP contribution in [0.25, 0.3) is 0 Å². The quantitative estimate of drug-likeness (QED) is 0.634. The molecule has 0 spiro atoms. The van der Waals surface area contributed by atoms with Gasteiger partial charge in [0.15, 0.2) is 0 Å². The van der Waals surface area contributed by atoms with E-state index in [2.05, 4.69) is 11.4 Å². The molecule has 6 heteroatoms. The Morgan fingerprint density at radius 2 is 2.35 bits per heavy atom. The van der Waals surface area contributed by atoms with Crippen molar-refractivity contribution in [2.45, 2.75) is 31.7 Å². The Bertz CT molecular complexity index is 324. The minimum Gasteiger partial charge on any atom is -0.481 e. The molecule has 0 bridgehead atoms. The number of nitrogens with zero attached hydrogens (tertiary/aromatic N) is 2. The summed E-state index contributed by atoms with van der Waals surface area (Å²) in [4.78, 5) is 24.1. The number of carboxylic acids is 1. The summed E-state index contributed by atoms with van der Waals surface area (Å²) < 4.78 is 0. The van der Waals surface area contributed by atoms with E-state index in [0.29, 0.717) is 26.1 Å². The van der Waals surface area contributed by atoms with Crippen LogP contribution in [0.1, 0.15) is 25.7 Å². The summed E-state index contributed by atoms with van der Waals surface area (Å²) >= 11 is 0. The molecule has 1 rings (SSSR count). The van der Waals surface area contributed by atoms with Crippen LogP contribution in [0.4, 0.5) is 0 Å². The van der Waals surface area contributed by atoms with Crippen LogP contribution in [0.5, 0.6) is 0 Å². The Hall–Kier alpha value is -1.61. The SMILES string of the molecule is N#CCCCCN1CCNC(=O)C1CC(=O)O. The number of nitrogens with one attached hydrogen (secondary N) is 1. The standard InChI is InChI=1S/C11H17N3O3/c12-4-2-1-3-6-14-7-5-13-11(17)9(14)8-10(15)16/h9H,1-3,5-8H2,(H,13,17)(H,15,16). The zero-order valence-electron chi connectivity index (χ0n) is 9.69. The molecule has 1 aliphatic heterocycles. The number of amides is 1. The molecule has 1 aliphatic rings. The first-order valence-corrected chi connectivity index (χ1v) is 5.75. The summed E-state index contributed by atoms with van der Waals surface area (Å²) in [6.07, 6.45) is 1.94. The summed E-state index contributed by atoms with van der Waals surface area (Å²) in [6, 6.07) is 1.50. The predicted octanol–water partition coefficient (Wildman–Crippen LogP) is -0.0446. The average molecular weight is 239 g/mol. The van der Waals surface area contributed by atoms with Crippen LogP contribution in [0, 0.1) is 11.3 Å². The van der Waals surface area contributed by atoms with Crippen LogP contribution in [-0.4, -0.2) is 47.6 Å². The minimum atomic E-state index is -0.964. The van der Waals surface area contributed by atoms with Gasteiger partial charge in [0.05, 0.1) is 18.5 Å². The maximum Gasteiger partial charge on any atom is 0.305 e. The fourth-order valence-corrected chi connectivity index (χ4v) is 1.94. The maximum absolute atomic E-state index is 11.6. The lowest BCUT2D eigenvalue weighted by Gasteiger charge is -2.34. The second-order valence-corrected chi connectivity index (χ2v) is 4.06. The highest BCUT2D eigenvalue weighted by Gasteiger charge is 2.30. The number of unbranched alkanes of at least 4 members (excludes halogenated alkanes) is 2. The van der Waals surface area contributed by atoms with E-state index in [1.54, 1.807) is 0 Å². The molecule has 94 valence electrons. The van der Waals surface area contributed by atoms with Crippen LogP contribution >= 0.6 is 0 Å². The van der Waals surface area contributed by atoms with Crippen molar-refractivity contribution in [1.29, 1.82) is 5.26 Å². The molecular weight excluding hydrogens is 222 g/mol. The first kappa shape index (κ1) is 13.5. The molecule has 0 saturated carbocycles. The first-order chi connectivity index (χ1) is 8.15. The van der Waals surface area contributed by atoms with Gasteiger partial charge in [0, 0.05) is 19.5 Å². The van der Waals surface area contributed by atoms with Crippen molar-refractivity contribution in [2.75, 3.05) is 19.6 Å². The summed E-state index contributed by atoms with van der Waals surface area (Å²) in [6.45, 7) is 1.91. The van der Waals surface area contributed by atoms with E-state index in [1.807, 2.05) is 4.90 Å². The average Bonchev–Trinajstić information content (AvgIpc) is 2.28. The molecule has 0 aromatic carbocycles. The van der Waals surface area contributed by atoms with Crippen LogP contribution in [0.3, 0.4) is 0 Å². The molecule has 1 amide bonds. The Balaban J connectivity index is 2.45. The molecule has 1 atom stereocenters. The van der Waals surface area contributed by atoms with Gasteiger partial charge in [-0.15, -0.1) is 0 Å². The van der Waals surface area contributed by atoms with E-state index in [9.17, 15) is 9.59 Å². The van der Waals surface area contributed by atoms with Crippen molar-refractivity contribution in [1.82, 2.24) is 10.2 Å². The fourth-order valence-electron chi connectivity index (χ4n) is 1.94. The van der Waals surface area contributed by atoms with Gasteiger partial charge in [0.25, 0.3) is 0 Å². The van der Waals surface area contributed by atoms with Crippen molar-refractivity contribution in [3.05, 3.63) is 0 Å². The van der Waals surface area contributed by atoms with E-state index >= 15 is 0 Å². The van der Waals surface area contributed by atoms with Crippen LogP contribution < -0.4 is 5.32 Å². The number of rotatable bonds is 6. The van der Waals surface area contributed by atoms with Gasteiger partial charge in [-0.25, -0.2) is 0 Å². The zero-order valence-corrected chi connectivity index (χ0v) is 9.69. The molecule has 0 aromatic heterocycles. The lowest BCUT2D eigenvalue weighted by molar-refractivity contribution is -0.143. The number of aliphatic carboxylic acids is 1. The summed E-state index contributed by atoms with van der Waals surface area (Å²) in [5.41, 5.74) is 0. The second kappa shape index (κ2) is 6.86. The van der Waals surface area contributed by atoms with Gasteiger partial charge in [-0.2, -0.15) is 5.26 Å². The number of carbonyl (C=O) groups excluding carboxylic acids is 1. The van der Waals surface area contributed by atoms with E-state index in [1.165, 1.54) is 0 Å². The van der Waals surface area contributed by atoms with Crippen LogP contribution in [0.15, 0.2) is 0 Å². The van der Waals surface area contributed by atoms with Gasteiger partial charge in [-0.05, 0) is 19.4 Å². The first-order valence-electron chi connectivity index (χ1n) is 5.75. The highest BCUT2D eigenvalue weighted by molar-refractivity contribution is 5.86. The van der Waals surface area contributed by atoms with Crippen molar-refractivity contribution in [3.8, 4) is 6.07 Å². The maximum atomic E-state index is 11.6. The van der Waals surface area contributed by atoms with Crippen LogP contribution in [-0.2, 0) is 9.59 Å². The van der Waals surface area contributed by atoms with Crippen molar-refractivity contribution in [3.63, 3.8) is 0 Å². The number of nitriles is 1. The van der Waals surface area contributed by atoms with E-state index in [-0.39, 0.29) is 12.3 Å². The third-order valence-electron chi connectivity index (χ3n) is 2.79. The molecule has 1 unspecified atom stereocenters. The van der Waals surface area contributed by atoms with Crippen molar-refractivity contribution >= 4 is 11.9 Å². The van der Waals surface area contributed by atoms with E-state index in [0.717, 1.165) is 12.8 Å². The molecule has 1 heterocycles. The van der Waals surface area contributed by atoms with Crippen LogP contribution in [0.2, 0.25) is 0 Å². The fraction of sp³-hybridized carbons (Fsp3) is 0.727. The lowest BCUT2D eigenvalue weighted by atomic mass is 10.1. The number of carboxylic acid groups (broad SMARTS) is 1. The summed E-state index contributed by atoms with van der Waals surface area (Å²) in [5, 5.41) is 19.8. The highest BCUT2D eigenvalue weighted by Crippen LogP contribution is 2.10. The van der Waals surface area contributed by atoms with Crippen molar-refractivity contribution < 1.29 is 14.7 Å². The number of carbonyl (C=O) groups is 2. The molecule has 1 saturated heterocycles. The molecule has 17 heavy (non-hydrogen) atoms. The Morgan fingerprint density at radius 1 is 1.59 bits per heavy atom. The predicted molar refractivity (Wildman–Crippen MR) is 60.1 cm³/mol. The molecule has 6 nitrogen and oxygen atoms in total. The van der Waals surface area contributed by atoms with Gasteiger partial charge in [-0.1, -0.05) is 0 Å². The third-order valence-corrected chi connectivity index (χ3v) is 2.79. The largest absolute Gasteiger partial charge is 0.481 e. The normalized spacial score (nSPS) is 20.6. The molecule has 2 N–H and O–H groups in total. The van der Waals surface area contributed by atoms with Gasteiger partial charge in [-0.3, -0.25) is 14.5 Å². The van der Waals surface area contributed by atoms with E-state index < -0.39 is 12.0 Å². The Labute approximate surface area is 100 Å². The number of hydrogen-bond acceptors (Lipinski definition) is 4.